The molecule has 4 aromatic rings. The number of allylic oxidation sites excluding steroid dienone is 1. The minimum Gasteiger partial charge on any atom is -0.497 e. The van der Waals surface area contributed by atoms with Crippen molar-refractivity contribution < 1.29 is 27.5 Å². The molecule has 1 saturated carbocycles. The van der Waals surface area contributed by atoms with Gasteiger partial charge in [-0.3, -0.25) is 19.2 Å². The van der Waals surface area contributed by atoms with E-state index in [1.807, 2.05) is 30.1 Å². The molecule has 14 heteroatoms. The van der Waals surface area contributed by atoms with Crippen LogP contribution in [0.15, 0.2) is 42.6 Å². The highest BCUT2D eigenvalue weighted by molar-refractivity contribution is 7.87. The molecule has 5 aliphatic rings. The summed E-state index contributed by atoms with van der Waals surface area (Å²) in [6.07, 6.45) is 11.7. The number of piperazine rings is 1. The minimum absolute atomic E-state index is 0.00923. The third-order valence-electron chi connectivity index (χ3n) is 12.7. The molecule has 2 bridgehead atoms. The summed E-state index contributed by atoms with van der Waals surface area (Å²) >= 11 is 0. The molecule has 4 fully saturated rings. The highest BCUT2D eigenvalue weighted by Crippen LogP contribution is 2.48. The second-order valence-electron chi connectivity index (χ2n) is 15.8. The standard InChI is InChI=1S/C41H49N7O6S/c1-44-30-10-11-31(44)25-46(24-30)41(50)35-22-42-45(2)38(35)29-19-28-20-32(53-3)12-14-33(28)39-37(26-7-5-4-6-8-26)34-13-9-27(21-36(34)48(39)23-29)40(49)43-55(51,52)47-15-17-54-18-16-47/h9,12-14,19-22,26,30-31H,4-8,10-11,15-18,23-25H2,1-3H3,(H,43,49)/t30-,31+. The van der Waals surface area contributed by atoms with Gasteiger partial charge in [-0.15, -0.1) is 0 Å². The van der Waals surface area contributed by atoms with Gasteiger partial charge in [0, 0.05) is 67.3 Å². The number of likely N-dealkylation sites (tertiary alicyclic amines) is 1. The van der Waals surface area contributed by atoms with Crippen LogP contribution in [-0.4, -0.2) is 114 Å². The summed E-state index contributed by atoms with van der Waals surface area (Å²) in [5.74, 6) is 0.350. The van der Waals surface area contributed by atoms with Crippen molar-refractivity contribution in [3.63, 3.8) is 0 Å². The zero-order valence-electron chi connectivity index (χ0n) is 31.8. The van der Waals surface area contributed by atoms with E-state index in [1.165, 1.54) is 16.3 Å². The number of methoxy groups -OCH3 is 1. The number of aromatic nitrogens is 3. The summed E-state index contributed by atoms with van der Waals surface area (Å²) in [6, 6.07) is 12.4. The van der Waals surface area contributed by atoms with E-state index in [-0.39, 0.29) is 37.8 Å². The van der Waals surface area contributed by atoms with E-state index in [0.29, 0.717) is 43.2 Å². The van der Waals surface area contributed by atoms with Crippen molar-refractivity contribution in [3.05, 3.63) is 70.5 Å². The molecule has 9 rings (SSSR count). The van der Waals surface area contributed by atoms with Gasteiger partial charge in [0.15, 0.2) is 0 Å². The third-order valence-corrected chi connectivity index (χ3v) is 14.2. The van der Waals surface area contributed by atoms with Crippen LogP contribution in [0.5, 0.6) is 5.75 Å². The smallest absolute Gasteiger partial charge is 0.304 e. The van der Waals surface area contributed by atoms with Crippen LogP contribution < -0.4 is 9.46 Å². The number of morpholine rings is 1. The lowest BCUT2D eigenvalue weighted by Crippen LogP contribution is -2.53. The van der Waals surface area contributed by atoms with Crippen molar-refractivity contribution in [2.75, 3.05) is 53.6 Å². The van der Waals surface area contributed by atoms with Gasteiger partial charge in [0.1, 0.15) is 5.75 Å². The van der Waals surface area contributed by atoms with Gasteiger partial charge in [-0.2, -0.15) is 17.8 Å². The molecule has 1 N–H and O–H groups in total. The van der Waals surface area contributed by atoms with Crippen LogP contribution >= 0.6 is 0 Å². The van der Waals surface area contributed by atoms with E-state index < -0.39 is 16.1 Å². The third kappa shape index (κ3) is 6.36. The number of carbonyl (C=O) groups excluding carboxylic acids is 2. The SMILES string of the molecule is COc1ccc2c(c1)C=C(c1c(C(=O)N3C[C@H]4CC[C@@H](C3)N4C)cnn1C)Cn1c-2c(C2CCCCC2)c2ccc(C(=O)NS(=O)(=O)N3CCOCC3)cc21. The molecule has 55 heavy (non-hydrogen) atoms. The summed E-state index contributed by atoms with van der Waals surface area (Å²) in [7, 11) is 1.66. The maximum Gasteiger partial charge on any atom is 0.304 e. The molecule has 4 aliphatic heterocycles. The number of carbonyl (C=O) groups is 2. The highest BCUT2D eigenvalue weighted by Gasteiger charge is 2.40. The molecule has 13 nitrogen and oxygen atoms in total. The molecule has 290 valence electrons. The summed E-state index contributed by atoms with van der Waals surface area (Å²) < 4.78 is 45.2. The van der Waals surface area contributed by atoms with Crippen molar-refractivity contribution in [2.45, 2.75) is 69.5 Å². The summed E-state index contributed by atoms with van der Waals surface area (Å²) in [5, 5.41) is 5.71. The van der Waals surface area contributed by atoms with Gasteiger partial charge < -0.3 is 18.9 Å². The first-order valence-electron chi connectivity index (χ1n) is 19.6. The first-order chi connectivity index (χ1) is 26.6. The Hall–Kier alpha value is -4.50. The van der Waals surface area contributed by atoms with E-state index >= 15 is 0 Å². The number of nitrogens with zero attached hydrogens (tertiary/aromatic N) is 6. The fourth-order valence-corrected chi connectivity index (χ4v) is 10.9. The number of nitrogens with one attached hydrogen (secondary N) is 1. The van der Waals surface area contributed by atoms with Crippen LogP contribution in [0.3, 0.4) is 0 Å². The van der Waals surface area contributed by atoms with Gasteiger partial charge in [0.2, 0.25) is 0 Å². The largest absolute Gasteiger partial charge is 0.497 e. The minimum atomic E-state index is -4.06. The number of ether oxygens (including phenoxy) is 2. The topological polar surface area (TPSA) is 131 Å². The Kier molecular flexibility index (Phi) is 9.35. The first-order valence-corrected chi connectivity index (χ1v) is 21.0. The quantitative estimate of drug-likeness (QED) is 0.282. The van der Waals surface area contributed by atoms with Crippen molar-refractivity contribution >= 4 is 44.6 Å². The molecule has 2 aromatic heterocycles. The van der Waals surface area contributed by atoms with E-state index in [4.69, 9.17) is 9.47 Å². The summed E-state index contributed by atoms with van der Waals surface area (Å²) in [5.41, 5.74) is 7.67. The fraction of sp³-hybridized carbons (Fsp3) is 0.488. The number of hydrogen-bond donors (Lipinski definition) is 1. The Morgan fingerprint density at radius 3 is 2.40 bits per heavy atom. The number of amides is 2. The van der Waals surface area contributed by atoms with Crippen LogP contribution in [-0.2, 0) is 28.5 Å². The van der Waals surface area contributed by atoms with Crippen molar-refractivity contribution in [3.8, 4) is 17.0 Å². The predicted molar refractivity (Wildman–Crippen MR) is 210 cm³/mol. The zero-order chi connectivity index (χ0) is 38.0. The number of likely N-dealkylation sites (N-methyl/N-ethyl adjacent to an activating group) is 1. The Labute approximate surface area is 322 Å². The van der Waals surface area contributed by atoms with Crippen molar-refractivity contribution in [1.29, 1.82) is 0 Å². The fourth-order valence-electron chi connectivity index (χ4n) is 9.78. The van der Waals surface area contributed by atoms with E-state index in [2.05, 4.69) is 44.5 Å². The Morgan fingerprint density at radius 2 is 1.67 bits per heavy atom. The zero-order valence-corrected chi connectivity index (χ0v) is 32.6. The predicted octanol–water partition coefficient (Wildman–Crippen LogP) is 4.88. The van der Waals surface area contributed by atoms with Gasteiger partial charge in [-0.05, 0) is 91.8 Å². The molecule has 2 aromatic carbocycles. The average Bonchev–Trinajstić information content (AvgIpc) is 3.74. The number of fused-ring (bicyclic) bond motifs is 7. The molecule has 3 saturated heterocycles. The molecule has 0 spiro atoms. The van der Waals surface area contributed by atoms with Gasteiger partial charge >= 0.3 is 10.2 Å². The lowest BCUT2D eigenvalue weighted by molar-refractivity contribution is 0.0523. The summed E-state index contributed by atoms with van der Waals surface area (Å²) in [4.78, 5) is 32.6. The number of aryl methyl sites for hydroxylation is 1. The monoisotopic (exact) mass is 767 g/mol. The van der Waals surface area contributed by atoms with Gasteiger partial charge in [0.05, 0.1) is 50.0 Å². The van der Waals surface area contributed by atoms with Crippen LogP contribution in [0.4, 0.5) is 0 Å². The average molecular weight is 768 g/mol. The lowest BCUT2D eigenvalue weighted by atomic mass is 9.81. The Morgan fingerprint density at radius 1 is 0.927 bits per heavy atom. The molecule has 2 amide bonds. The van der Waals surface area contributed by atoms with Crippen LogP contribution in [0.2, 0.25) is 0 Å². The number of benzene rings is 2. The molecular weight excluding hydrogens is 719 g/mol. The number of rotatable bonds is 7. The lowest BCUT2D eigenvalue weighted by Gasteiger charge is -2.38. The Balaban J connectivity index is 1.18. The second kappa shape index (κ2) is 14.2. The second-order valence-corrected chi connectivity index (χ2v) is 17.4. The highest BCUT2D eigenvalue weighted by atomic mass is 32.2. The van der Waals surface area contributed by atoms with E-state index in [1.54, 1.807) is 24.1 Å². The molecule has 0 unspecified atom stereocenters. The van der Waals surface area contributed by atoms with Crippen molar-refractivity contribution in [2.24, 2.45) is 7.05 Å². The molecular formula is C41H49N7O6S. The maximum absolute atomic E-state index is 14.4. The van der Waals surface area contributed by atoms with Crippen LogP contribution in [0, 0.1) is 0 Å². The van der Waals surface area contributed by atoms with Crippen molar-refractivity contribution in [1.82, 2.24) is 33.2 Å². The summed E-state index contributed by atoms with van der Waals surface area (Å²) in [6.45, 7) is 2.74. The van der Waals surface area contributed by atoms with Gasteiger partial charge in [-0.1, -0.05) is 25.3 Å². The molecule has 2 atom stereocenters. The maximum atomic E-state index is 14.4. The molecule has 0 radical (unpaired) electrons. The van der Waals surface area contributed by atoms with Crippen LogP contribution in [0.1, 0.15) is 88.4 Å². The van der Waals surface area contributed by atoms with Crippen LogP contribution in [0.25, 0.3) is 33.8 Å². The van der Waals surface area contributed by atoms with Gasteiger partial charge in [-0.25, -0.2) is 4.72 Å². The van der Waals surface area contributed by atoms with Gasteiger partial charge in [0.25, 0.3) is 11.8 Å². The van der Waals surface area contributed by atoms with E-state index in [9.17, 15) is 18.0 Å². The normalized spacial score (nSPS) is 22.2. The number of hydrogen-bond acceptors (Lipinski definition) is 8. The molecule has 1 aliphatic carbocycles. The Bertz CT molecular complexity index is 2300. The first kappa shape index (κ1) is 36.2. The molecule has 6 heterocycles. The van der Waals surface area contributed by atoms with E-state index in [0.717, 1.165) is 83.3 Å².